The van der Waals surface area contributed by atoms with Gasteiger partial charge in [0.1, 0.15) is 5.82 Å². The van der Waals surface area contributed by atoms with E-state index in [1.54, 1.807) is 0 Å². The van der Waals surface area contributed by atoms with Gasteiger partial charge in [-0.15, -0.1) is 0 Å². The van der Waals surface area contributed by atoms with Crippen molar-refractivity contribution in [3.8, 4) is 0 Å². The number of rotatable bonds is 15. The fourth-order valence-electron chi connectivity index (χ4n) is 4.15. The lowest BCUT2D eigenvalue weighted by atomic mass is 10.1. The molecule has 0 saturated carbocycles. The van der Waals surface area contributed by atoms with E-state index < -0.39 is 0 Å². The zero-order chi connectivity index (χ0) is 25.8. The first-order chi connectivity index (χ1) is 17.5. The monoisotopic (exact) mass is 492 g/mol. The highest BCUT2D eigenvalue weighted by Gasteiger charge is 2.23. The summed E-state index contributed by atoms with van der Waals surface area (Å²) in [6.45, 7) is 8.23. The molecule has 0 radical (unpaired) electrons. The quantitative estimate of drug-likeness (QED) is 0.243. The standard InChI is InChI=1S/C28H40N6O2/c1-3-15-31-28(36)26-27(30-16-14-22-10-12-24(29)13-11-22)32-25(21-23-8-6-5-7-9-23)34(26)18-17-33(4-2)19-20-35/h5-13,30,35H,3-4,14-21,29H2,1-2H3,(H,31,36). The highest BCUT2D eigenvalue weighted by molar-refractivity contribution is 5.97. The summed E-state index contributed by atoms with van der Waals surface area (Å²) < 4.78 is 2.05. The number of nitrogen functional groups attached to an aromatic ring is 1. The van der Waals surface area contributed by atoms with E-state index in [1.807, 2.05) is 54.0 Å². The molecule has 8 heteroatoms. The second-order valence-corrected chi connectivity index (χ2v) is 8.87. The van der Waals surface area contributed by atoms with Crippen LogP contribution in [0.1, 0.15) is 47.7 Å². The molecule has 0 bridgehead atoms. The molecule has 8 nitrogen and oxygen atoms in total. The number of nitrogens with two attached hydrogens (primary N) is 1. The third-order valence-corrected chi connectivity index (χ3v) is 6.19. The second kappa shape index (κ2) is 14.3. The molecule has 194 valence electrons. The Bertz CT molecular complexity index is 1070. The largest absolute Gasteiger partial charge is 0.399 e. The van der Waals surface area contributed by atoms with E-state index in [-0.39, 0.29) is 12.5 Å². The van der Waals surface area contributed by atoms with Crippen molar-refractivity contribution in [2.45, 2.75) is 39.7 Å². The fraction of sp³-hybridized carbons (Fsp3) is 0.429. The van der Waals surface area contributed by atoms with Crippen LogP contribution in [0.5, 0.6) is 0 Å². The average Bonchev–Trinajstić information content (AvgIpc) is 3.23. The Kier molecular flexibility index (Phi) is 10.8. The van der Waals surface area contributed by atoms with Crippen molar-refractivity contribution >= 4 is 17.4 Å². The maximum Gasteiger partial charge on any atom is 0.271 e. The minimum atomic E-state index is -0.121. The molecule has 1 heterocycles. The summed E-state index contributed by atoms with van der Waals surface area (Å²) in [7, 11) is 0. The number of aliphatic hydroxyl groups is 1. The lowest BCUT2D eigenvalue weighted by Crippen LogP contribution is -2.33. The topological polar surface area (TPSA) is 108 Å². The van der Waals surface area contributed by atoms with Gasteiger partial charge in [-0.2, -0.15) is 0 Å². The highest BCUT2D eigenvalue weighted by Crippen LogP contribution is 2.21. The molecule has 0 aliphatic heterocycles. The molecule has 1 amide bonds. The molecule has 0 fully saturated rings. The number of hydrogen-bond donors (Lipinski definition) is 4. The summed E-state index contributed by atoms with van der Waals surface area (Å²) in [6, 6.07) is 18.0. The molecular formula is C28H40N6O2. The molecule has 2 aromatic carbocycles. The Labute approximate surface area is 214 Å². The molecule has 5 N–H and O–H groups in total. The van der Waals surface area contributed by atoms with Gasteiger partial charge in [0.05, 0.1) is 6.61 Å². The Balaban J connectivity index is 1.90. The van der Waals surface area contributed by atoms with Crippen LogP contribution in [0.4, 0.5) is 11.5 Å². The van der Waals surface area contributed by atoms with E-state index in [4.69, 9.17) is 10.7 Å². The number of carbonyl (C=O) groups excluding carboxylic acids is 1. The predicted octanol–water partition coefficient (Wildman–Crippen LogP) is 3.16. The summed E-state index contributed by atoms with van der Waals surface area (Å²) in [5.74, 6) is 1.33. The van der Waals surface area contributed by atoms with Gasteiger partial charge in [-0.1, -0.05) is 56.3 Å². The molecule has 1 aromatic heterocycles. The van der Waals surface area contributed by atoms with Gasteiger partial charge >= 0.3 is 0 Å². The smallest absolute Gasteiger partial charge is 0.271 e. The Morgan fingerprint density at radius 3 is 2.44 bits per heavy atom. The molecule has 3 aromatic rings. The minimum absolute atomic E-state index is 0.108. The zero-order valence-corrected chi connectivity index (χ0v) is 21.5. The number of nitrogens with zero attached hydrogens (tertiary/aromatic N) is 3. The van der Waals surface area contributed by atoms with Crippen LogP contribution in [0, 0.1) is 0 Å². The summed E-state index contributed by atoms with van der Waals surface area (Å²) in [5, 5.41) is 15.9. The van der Waals surface area contributed by atoms with Crippen molar-refractivity contribution < 1.29 is 9.90 Å². The Morgan fingerprint density at radius 2 is 1.78 bits per heavy atom. The molecular weight excluding hydrogens is 452 g/mol. The predicted molar refractivity (Wildman–Crippen MR) is 146 cm³/mol. The molecule has 0 aliphatic rings. The number of nitrogens with one attached hydrogen (secondary N) is 2. The van der Waals surface area contributed by atoms with Gasteiger partial charge in [-0.25, -0.2) is 4.98 Å². The maximum atomic E-state index is 13.3. The molecule has 0 spiro atoms. The first-order valence-corrected chi connectivity index (χ1v) is 12.9. The number of aromatic nitrogens is 2. The number of carbonyl (C=O) groups is 1. The van der Waals surface area contributed by atoms with Crippen LogP contribution in [-0.4, -0.2) is 64.8 Å². The summed E-state index contributed by atoms with van der Waals surface area (Å²) in [5.41, 5.74) is 9.42. The summed E-state index contributed by atoms with van der Waals surface area (Å²) >= 11 is 0. The summed E-state index contributed by atoms with van der Waals surface area (Å²) in [4.78, 5) is 20.4. The minimum Gasteiger partial charge on any atom is -0.399 e. The SMILES string of the molecule is CCCNC(=O)c1c(NCCc2ccc(N)cc2)nc(Cc2ccccc2)n1CCN(CC)CCO. The third kappa shape index (κ3) is 7.83. The molecule has 3 rings (SSSR count). The molecule has 0 atom stereocenters. The van der Waals surface area contributed by atoms with Crippen LogP contribution in [0.15, 0.2) is 54.6 Å². The first-order valence-electron chi connectivity index (χ1n) is 12.9. The zero-order valence-electron chi connectivity index (χ0n) is 21.5. The number of likely N-dealkylation sites (N-methyl/N-ethyl adjacent to an activating group) is 1. The van der Waals surface area contributed by atoms with Gasteiger partial charge in [-0.05, 0) is 42.6 Å². The lowest BCUT2D eigenvalue weighted by molar-refractivity contribution is 0.0943. The van der Waals surface area contributed by atoms with Gasteiger partial charge < -0.3 is 26.0 Å². The average molecular weight is 493 g/mol. The number of amides is 1. The van der Waals surface area contributed by atoms with E-state index in [1.165, 1.54) is 5.56 Å². The van der Waals surface area contributed by atoms with E-state index in [0.29, 0.717) is 50.7 Å². The van der Waals surface area contributed by atoms with Gasteiger partial charge in [0.15, 0.2) is 11.5 Å². The molecule has 0 unspecified atom stereocenters. The number of anilines is 2. The normalized spacial score (nSPS) is 11.1. The maximum absolute atomic E-state index is 13.3. The van der Waals surface area contributed by atoms with Crippen LogP contribution in [-0.2, 0) is 19.4 Å². The van der Waals surface area contributed by atoms with E-state index in [2.05, 4.69) is 34.6 Å². The number of imidazole rings is 1. The number of benzene rings is 2. The fourth-order valence-corrected chi connectivity index (χ4v) is 4.15. The molecule has 0 aliphatic carbocycles. The van der Waals surface area contributed by atoms with E-state index in [9.17, 15) is 9.90 Å². The van der Waals surface area contributed by atoms with Crippen molar-refractivity contribution in [2.24, 2.45) is 0 Å². The first kappa shape index (κ1) is 27.2. The van der Waals surface area contributed by atoms with Crippen molar-refractivity contribution in [1.29, 1.82) is 0 Å². The van der Waals surface area contributed by atoms with Crippen LogP contribution in [0.2, 0.25) is 0 Å². The van der Waals surface area contributed by atoms with Crippen LogP contribution in [0.3, 0.4) is 0 Å². The third-order valence-electron chi connectivity index (χ3n) is 6.19. The van der Waals surface area contributed by atoms with Crippen molar-refractivity contribution in [3.05, 3.63) is 77.2 Å². The molecule has 0 saturated heterocycles. The van der Waals surface area contributed by atoms with Crippen molar-refractivity contribution in [3.63, 3.8) is 0 Å². The lowest BCUT2D eigenvalue weighted by Gasteiger charge is -2.21. The number of hydrogen-bond acceptors (Lipinski definition) is 6. The van der Waals surface area contributed by atoms with Gasteiger partial charge in [-0.3, -0.25) is 9.69 Å². The van der Waals surface area contributed by atoms with Crippen molar-refractivity contribution in [2.75, 3.05) is 50.4 Å². The Hall–Kier alpha value is -3.36. The van der Waals surface area contributed by atoms with E-state index >= 15 is 0 Å². The highest BCUT2D eigenvalue weighted by atomic mass is 16.3. The van der Waals surface area contributed by atoms with Gasteiger partial charge in [0, 0.05) is 44.8 Å². The summed E-state index contributed by atoms with van der Waals surface area (Å²) in [6.07, 6.45) is 2.27. The van der Waals surface area contributed by atoms with Crippen LogP contribution < -0.4 is 16.4 Å². The van der Waals surface area contributed by atoms with Gasteiger partial charge in [0.2, 0.25) is 0 Å². The Morgan fingerprint density at radius 1 is 1.03 bits per heavy atom. The van der Waals surface area contributed by atoms with E-state index in [0.717, 1.165) is 36.5 Å². The number of aliphatic hydroxyl groups excluding tert-OH is 1. The van der Waals surface area contributed by atoms with Crippen LogP contribution >= 0.6 is 0 Å². The second-order valence-electron chi connectivity index (χ2n) is 8.87. The van der Waals surface area contributed by atoms with Crippen LogP contribution in [0.25, 0.3) is 0 Å². The van der Waals surface area contributed by atoms with Crippen molar-refractivity contribution in [1.82, 2.24) is 19.8 Å². The molecule has 36 heavy (non-hydrogen) atoms. The van der Waals surface area contributed by atoms with Gasteiger partial charge in [0.25, 0.3) is 5.91 Å².